The molecule has 2 aromatic carbocycles. The van der Waals surface area contributed by atoms with Crippen LogP contribution in [0.15, 0.2) is 69.6 Å². The lowest BCUT2D eigenvalue weighted by atomic mass is 9.96. The Bertz CT molecular complexity index is 1580. The minimum Gasteiger partial charge on any atom is -0.245 e. The summed E-state index contributed by atoms with van der Waals surface area (Å²) in [4.78, 5) is 45.0. The van der Waals surface area contributed by atoms with Crippen LogP contribution in [0.1, 0.15) is 28.8 Å². The summed E-state index contributed by atoms with van der Waals surface area (Å²) in [6.45, 7) is 3.86. The van der Waals surface area contributed by atoms with Crippen molar-refractivity contribution < 1.29 is 14.4 Å². The van der Waals surface area contributed by atoms with Crippen molar-refractivity contribution in [3.8, 4) is 11.3 Å². The molecule has 33 heavy (non-hydrogen) atoms. The van der Waals surface area contributed by atoms with Crippen LogP contribution in [-0.4, -0.2) is 28.5 Å². The van der Waals surface area contributed by atoms with E-state index in [2.05, 4.69) is 15.9 Å². The molecular formula is C27H17BrN2O3. The quantitative estimate of drug-likeness (QED) is 0.522. The van der Waals surface area contributed by atoms with Crippen LogP contribution in [-0.2, 0) is 14.4 Å². The first-order valence-corrected chi connectivity index (χ1v) is 10.9. The second-order valence-electron chi connectivity index (χ2n) is 7.54. The molecule has 0 N–H and O–H groups in total. The maximum Gasteiger partial charge on any atom is 0.136 e. The van der Waals surface area contributed by atoms with Crippen molar-refractivity contribution in [2.24, 2.45) is 4.99 Å². The molecule has 0 aliphatic carbocycles. The molecule has 6 heteroatoms. The molecule has 4 rings (SSSR count). The zero-order chi connectivity index (χ0) is 23.5. The number of aryl methyl sites for hydroxylation is 2. The molecule has 1 aliphatic heterocycles. The van der Waals surface area contributed by atoms with Gasteiger partial charge in [-0.25, -0.2) is 24.4 Å². The molecular weight excluding hydrogens is 480 g/mol. The Morgan fingerprint density at radius 2 is 1.39 bits per heavy atom. The van der Waals surface area contributed by atoms with Gasteiger partial charge in [0.05, 0.1) is 26.7 Å². The highest BCUT2D eigenvalue weighted by molar-refractivity contribution is 9.10. The number of carbonyl (C=O) groups excluding carboxylic acids is 3. The maximum atomic E-state index is 11.9. The predicted molar refractivity (Wildman–Crippen MR) is 130 cm³/mol. The molecule has 0 atom stereocenters. The van der Waals surface area contributed by atoms with Crippen molar-refractivity contribution in [2.75, 3.05) is 0 Å². The van der Waals surface area contributed by atoms with Crippen molar-refractivity contribution in [3.63, 3.8) is 0 Å². The molecule has 0 bridgehead atoms. The lowest BCUT2D eigenvalue weighted by molar-refractivity contribution is 0.564. The largest absolute Gasteiger partial charge is 0.245 e. The smallest absolute Gasteiger partial charge is 0.136 e. The second kappa shape index (κ2) is 9.30. The van der Waals surface area contributed by atoms with E-state index >= 15 is 0 Å². The highest BCUT2D eigenvalue weighted by Gasteiger charge is 2.24. The molecule has 2 heterocycles. The Morgan fingerprint density at radius 3 is 1.97 bits per heavy atom. The molecule has 0 unspecified atom stereocenters. The number of benzene rings is 2. The van der Waals surface area contributed by atoms with E-state index in [1.165, 1.54) is 0 Å². The number of hydrogen-bond donors (Lipinski definition) is 0. The molecule has 1 aliphatic rings. The topological polar surface area (TPSA) is 76.5 Å². The van der Waals surface area contributed by atoms with Crippen molar-refractivity contribution in [2.45, 2.75) is 20.3 Å². The Balaban J connectivity index is 2.07. The summed E-state index contributed by atoms with van der Waals surface area (Å²) >= 11 is 3.39. The van der Waals surface area contributed by atoms with Crippen molar-refractivity contribution in [1.29, 1.82) is 0 Å². The van der Waals surface area contributed by atoms with Gasteiger partial charge in [-0.15, -0.1) is 0 Å². The fraction of sp³-hybridized carbons (Fsp3) is 0.111. The zero-order valence-corrected chi connectivity index (χ0v) is 19.5. The first-order chi connectivity index (χ1) is 16.0. The fourth-order valence-electron chi connectivity index (χ4n) is 3.79. The second-order valence-corrected chi connectivity index (χ2v) is 8.33. The summed E-state index contributed by atoms with van der Waals surface area (Å²) in [5, 5.41) is -0.0224. The van der Waals surface area contributed by atoms with Crippen LogP contribution in [0.3, 0.4) is 0 Å². The number of aromatic nitrogens is 1. The number of pyridine rings is 1. The fourth-order valence-corrected chi connectivity index (χ4v) is 4.35. The Morgan fingerprint density at radius 1 is 0.788 bits per heavy atom. The normalized spacial score (nSPS) is 12.9. The van der Waals surface area contributed by atoms with Gasteiger partial charge in [-0.3, -0.25) is 0 Å². The van der Waals surface area contributed by atoms with Gasteiger partial charge in [0.1, 0.15) is 34.4 Å². The van der Waals surface area contributed by atoms with Crippen LogP contribution in [0.25, 0.3) is 17.0 Å². The van der Waals surface area contributed by atoms with Crippen LogP contribution in [0.4, 0.5) is 0 Å². The van der Waals surface area contributed by atoms with E-state index in [-0.39, 0.29) is 26.3 Å². The summed E-state index contributed by atoms with van der Waals surface area (Å²) in [7, 11) is 0. The number of rotatable bonds is 3. The van der Waals surface area contributed by atoms with Gasteiger partial charge < -0.3 is 0 Å². The monoisotopic (exact) mass is 496 g/mol. The molecule has 0 spiro atoms. The van der Waals surface area contributed by atoms with Gasteiger partial charge >= 0.3 is 0 Å². The SMILES string of the molecule is Cc1ccccc1C1=CCC(=C=O)C(c2nc(-c3ccccc3C)c(=C=O)c(=C=O)c2Br)=N1. The van der Waals surface area contributed by atoms with E-state index in [1.807, 2.05) is 86.3 Å². The van der Waals surface area contributed by atoms with Crippen molar-refractivity contribution in [1.82, 2.24) is 4.98 Å². The minimum atomic E-state index is -0.0202. The third-order valence-electron chi connectivity index (χ3n) is 5.53. The van der Waals surface area contributed by atoms with E-state index in [4.69, 9.17) is 9.98 Å². The highest BCUT2D eigenvalue weighted by atomic mass is 79.9. The van der Waals surface area contributed by atoms with Gasteiger partial charge in [-0.2, -0.15) is 0 Å². The molecule has 0 saturated heterocycles. The summed E-state index contributed by atoms with van der Waals surface area (Å²) in [5.74, 6) is 5.63. The molecule has 5 nitrogen and oxygen atoms in total. The van der Waals surface area contributed by atoms with E-state index in [0.29, 0.717) is 29.0 Å². The van der Waals surface area contributed by atoms with Gasteiger partial charge in [-0.1, -0.05) is 54.6 Å². The first kappa shape index (κ1) is 22.3. The van der Waals surface area contributed by atoms with Crippen molar-refractivity contribution in [3.05, 3.63) is 97.5 Å². The average Bonchev–Trinajstić information content (AvgIpc) is 2.84. The highest BCUT2D eigenvalue weighted by Crippen LogP contribution is 2.29. The molecule has 160 valence electrons. The van der Waals surface area contributed by atoms with Gasteiger partial charge in [0.25, 0.3) is 0 Å². The number of allylic oxidation sites excluding steroid dienone is 2. The van der Waals surface area contributed by atoms with Crippen molar-refractivity contribution >= 4 is 45.2 Å². The van der Waals surface area contributed by atoms with Crippen LogP contribution in [0.5, 0.6) is 0 Å². The number of halogens is 1. The Labute approximate surface area is 198 Å². The van der Waals surface area contributed by atoms with Gasteiger partial charge in [0.2, 0.25) is 0 Å². The summed E-state index contributed by atoms with van der Waals surface area (Å²) in [6.07, 6.45) is 2.17. The van der Waals surface area contributed by atoms with Gasteiger partial charge in [-0.05, 0) is 40.9 Å². The summed E-state index contributed by atoms with van der Waals surface area (Å²) in [5.41, 5.74) is 5.32. The standard InChI is InChI=1S/C27H17BrN2O3/c1-16-7-3-5-9-19(16)23-12-11-18(13-31)25(29-23)27-24(28)21(14-32)22(15-33)26(30-27)20-10-6-4-8-17(20)2/h3-10,12H,11H2,1-2H3. The third kappa shape index (κ3) is 4.01. The lowest BCUT2D eigenvalue weighted by Crippen LogP contribution is -2.35. The Kier molecular flexibility index (Phi) is 6.28. The molecule has 0 amide bonds. The lowest BCUT2D eigenvalue weighted by Gasteiger charge is -2.17. The summed E-state index contributed by atoms with van der Waals surface area (Å²) in [6, 6.07) is 15.2. The number of nitrogens with zero attached hydrogens (tertiary/aromatic N) is 2. The molecule has 0 saturated carbocycles. The molecule has 3 aromatic rings. The Hall–Kier alpha value is -3.91. The van der Waals surface area contributed by atoms with Gasteiger partial charge in [0, 0.05) is 17.5 Å². The minimum absolute atomic E-state index is 0.00219. The average molecular weight is 497 g/mol. The van der Waals surface area contributed by atoms with Crippen LogP contribution in [0.2, 0.25) is 0 Å². The van der Waals surface area contributed by atoms with Crippen LogP contribution < -0.4 is 10.4 Å². The first-order valence-electron chi connectivity index (χ1n) is 10.2. The van der Waals surface area contributed by atoms with E-state index < -0.39 is 0 Å². The van der Waals surface area contributed by atoms with Crippen LogP contribution in [0, 0.1) is 13.8 Å². The molecule has 0 radical (unpaired) electrons. The summed E-state index contributed by atoms with van der Waals surface area (Å²) < 4.78 is 0.228. The van der Waals surface area contributed by atoms with Crippen LogP contribution >= 0.6 is 15.9 Å². The molecule has 1 aromatic heterocycles. The zero-order valence-electron chi connectivity index (χ0n) is 17.9. The van der Waals surface area contributed by atoms with E-state index in [1.54, 1.807) is 0 Å². The molecule has 0 fully saturated rings. The number of hydrogen-bond acceptors (Lipinski definition) is 5. The third-order valence-corrected chi connectivity index (χ3v) is 6.30. The maximum absolute atomic E-state index is 11.9. The predicted octanol–water partition coefficient (Wildman–Crippen LogP) is 3.13. The number of aliphatic imine (C=N–C) groups is 1. The van der Waals surface area contributed by atoms with E-state index in [0.717, 1.165) is 16.7 Å². The van der Waals surface area contributed by atoms with E-state index in [9.17, 15) is 14.4 Å². The van der Waals surface area contributed by atoms with Gasteiger partial charge in [0.15, 0.2) is 0 Å².